The predicted octanol–water partition coefficient (Wildman–Crippen LogP) is 2.85. The molecule has 1 heterocycles. The summed E-state index contributed by atoms with van der Waals surface area (Å²) in [7, 11) is -2.29. The predicted molar refractivity (Wildman–Crippen MR) is 100 cm³/mol. The lowest BCUT2D eigenvalue weighted by Gasteiger charge is -2.32. The van der Waals surface area contributed by atoms with Crippen LogP contribution >= 0.6 is 11.6 Å². The standard InChI is InChI=1S/C17H17ClN4O3S/c1-25-17(9-7-13(8-10-17)26(19,23)24)14-15(18)20-11-21-16(14)22-12-5-3-2-4-6-12/h2-9,11H,10H2,1H3,(H2,19,23,24)(H,20,21,22). The minimum absolute atomic E-state index is 0.0238. The van der Waals surface area contributed by atoms with Gasteiger partial charge in [0.05, 0.1) is 10.5 Å². The van der Waals surface area contributed by atoms with Crippen molar-refractivity contribution in [2.45, 2.75) is 12.0 Å². The summed E-state index contributed by atoms with van der Waals surface area (Å²) in [5.41, 5.74) is 0.299. The van der Waals surface area contributed by atoms with Crippen molar-refractivity contribution < 1.29 is 13.2 Å². The number of allylic oxidation sites excluding steroid dienone is 1. The van der Waals surface area contributed by atoms with Crippen molar-refractivity contribution in [3.8, 4) is 0 Å². The third-order valence-corrected chi connectivity index (χ3v) is 5.32. The number of aromatic nitrogens is 2. The fourth-order valence-electron chi connectivity index (χ4n) is 2.75. The number of sulfonamides is 1. The van der Waals surface area contributed by atoms with E-state index in [0.29, 0.717) is 11.4 Å². The molecule has 1 aromatic carbocycles. The van der Waals surface area contributed by atoms with Gasteiger partial charge in [-0.25, -0.2) is 23.5 Å². The molecule has 0 amide bonds. The maximum absolute atomic E-state index is 11.6. The zero-order valence-corrected chi connectivity index (χ0v) is 15.5. The lowest BCUT2D eigenvalue weighted by Crippen LogP contribution is -2.30. The van der Waals surface area contributed by atoms with Crippen LogP contribution in [0.2, 0.25) is 5.15 Å². The number of primary sulfonamides is 1. The summed E-state index contributed by atoms with van der Waals surface area (Å²) in [4.78, 5) is 8.36. The molecule has 1 atom stereocenters. The molecule has 1 aliphatic rings. The van der Waals surface area contributed by atoms with Crippen LogP contribution in [0.15, 0.2) is 59.8 Å². The first-order chi connectivity index (χ1) is 12.4. The molecule has 9 heteroatoms. The smallest absolute Gasteiger partial charge is 0.237 e. The van der Waals surface area contributed by atoms with Gasteiger partial charge in [0.15, 0.2) is 0 Å². The molecule has 0 spiro atoms. The number of rotatable bonds is 5. The molecule has 0 saturated carbocycles. The van der Waals surface area contributed by atoms with Crippen molar-refractivity contribution in [3.05, 3.63) is 70.5 Å². The number of halogens is 1. The number of anilines is 2. The number of benzene rings is 1. The fraction of sp³-hybridized carbons (Fsp3) is 0.176. The molecule has 3 N–H and O–H groups in total. The largest absolute Gasteiger partial charge is 0.369 e. The summed E-state index contributed by atoms with van der Waals surface area (Å²) in [6, 6.07) is 9.44. The molecule has 2 aromatic rings. The Morgan fingerprint density at radius 1 is 1.27 bits per heavy atom. The van der Waals surface area contributed by atoms with Crippen molar-refractivity contribution in [1.82, 2.24) is 9.97 Å². The summed E-state index contributed by atoms with van der Waals surface area (Å²) in [5.74, 6) is 0.468. The third kappa shape index (κ3) is 3.63. The molecule has 0 saturated heterocycles. The van der Waals surface area contributed by atoms with Gasteiger partial charge in [0.25, 0.3) is 0 Å². The summed E-state index contributed by atoms with van der Waals surface area (Å²) in [6.45, 7) is 0. The molecule has 1 unspecified atom stereocenters. The lowest BCUT2D eigenvalue weighted by molar-refractivity contribution is 0.0308. The Morgan fingerprint density at radius 3 is 2.58 bits per heavy atom. The molecule has 0 aliphatic heterocycles. The van der Waals surface area contributed by atoms with Crippen LogP contribution in [0.3, 0.4) is 0 Å². The topological polar surface area (TPSA) is 107 Å². The lowest BCUT2D eigenvalue weighted by atomic mass is 9.88. The van der Waals surface area contributed by atoms with Gasteiger partial charge in [0, 0.05) is 19.2 Å². The van der Waals surface area contributed by atoms with Gasteiger partial charge < -0.3 is 10.1 Å². The van der Waals surface area contributed by atoms with Crippen LogP contribution in [0.4, 0.5) is 11.5 Å². The van der Waals surface area contributed by atoms with E-state index in [1.807, 2.05) is 30.3 Å². The molecule has 0 radical (unpaired) electrons. The van der Waals surface area contributed by atoms with E-state index in [0.717, 1.165) is 5.69 Å². The number of nitrogens with zero attached hydrogens (tertiary/aromatic N) is 2. The molecule has 0 bridgehead atoms. The highest BCUT2D eigenvalue weighted by molar-refractivity contribution is 7.93. The molecule has 1 aliphatic carbocycles. The number of nitrogens with two attached hydrogens (primary N) is 1. The van der Waals surface area contributed by atoms with Crippen molar-refractivity contribution in [2.75, 3.05) is 12.4 Å². The minimum atomic E-state index is -3.80. The van der Waals surface area contributed by atoms with Crippen LogP contribution in [0.1, 0.15) is 12.0 Å². The van der Waals surface area contributed by atoms with Crippen molar-refractivity contribution in [2.24, 2.45) is 5.14 Å². The first-order valence-corrected chi connectivity index (χ1v) is 9.58. The van der Waals surface area contributed by atoms with Crippen LogP contribution in [0, 0.1) is 0 Å². The maximum Gasteiger partial charge on any atom is 0.237 e. The van der Waals surface area contributed by atoms with E-state index < -0.39 is 15.6 Å². The monoisotopic (exact) mass is 392 g/mol. The normalized spacial score (nSPS) is 19.9. The summed E-state index contributed by atoms with van der Waals surface area (Å²) in [5, 5.41) is 8.59. The second-order valence-electron chi connectivity index (χ2n) is 5.66. The summed E-state index contributed by atoms with van der Waals surface area (Å²) in [6.07, 6.45) is 6.06. The molecule has 136 valence electrons. The third-order valence-electron chi connectivity index (χ3n) is 4.08. The van der Waals surface area contributed by atoms with E-state index in [1.54, 1.807) is 6.08 Å². The summed E-state index contributed by atoms with van der Waals surface area (Å²) < 4.78 is 28.8. The van der Waals surface area contributed by atoms with E-state index in [2.05, 4.69) is 15.3 Å². The van der Waals surface area contributed by atoms with Crippen LogP contribution in [0.25, 0.3) is 0 Å². The van der Waals surface area contributed by atoms with Crippen LogP contribution < -0.4 is 10.5 Å². The zero-order chi connectivity index (χ0) is 18.8. The van der Waals surface area contributed by atoms with E-state index in [-0.39, 0.29) is 16.5 Å². The zero-order valence-electron chi connectivity index (χ0n) is 13.9. The molecular formula is C17H17ClN4O3S. The highest BCUT2D eigenvalue weighted by atomic mass is 35.5. The Balaban J connectivity index is 2.05. The van der Waals surface area contributed by atoms with Gasteiger partial charge in [0.1, 0.15) is 22.9 Å². The van der Waals surface area contributed by atoms with Crippen LogP contribution in [-0.4, -0.2) is 25.5 Å². The van der Waals surface area contributed by atoms with E-state index >= 15 is 0 Å². The number of methoxy groups -OCH3 is 1. The molecule has 3 rings (SSSR count). The van der Waals surface area contributed by atoms with Crippen LogP contribution in [-0.2, 0) is 20.4 Å². The van der Waals surface area contributed by atoms with Crippen molar-refractivity contribution >= 4 is 33.1 Å². The molecule has 0 fully saturated rings. The molecule has 26 heavy (non-hydrogen) atoms. The van der Waals surface area contributed by atoms with E-state index in [4.69, 9.17) is 21.5 Å². The molecule has 1 aromatic heterocycles. The molecular weight excluding hydrogens is 376 g/mol. The average Bonchev–Trinajstić information content (AvgIpc) is 2.62. The quantitative estimate of drug-likeness (QED) is 0.757. The molecule has 7 nitrogen and oxygen atoms in total. The Morgan fingerprint density at radius 2 is 2.00 bits per heavy atom. The second kappa shape index (κ2) is 7.16. The number of nitrogens with one attached hydrogen (secondary N) is 1. The second-order valence-corrected chi connectivity index (χ2v) is 7.58. The minimum Gasteiger partial charge on any atom is -0.369 e. The van der Waals surface area contributed by atoms with Gasteiger partial charge in [-0.1, -0.05) is 35.9 Å². The van der Waals surface area contributed by atoms with Crippen molar-refractivity contribution in [3.63, 3.8) is 0 Å². The number of ether oxygens (including phenoxy) is 1. The fourth-order valence-corrected chi connectivity index (χ4v) is 3.61. The number of hydrogen-bond acceptors (Lipinski definition) is 6. The Hall–Kier alpha value is -2.26. The Bertz CT molecular complexity index is 977. The van der Waals surface area contributed by atoms with Crippen molar-refractivity contribution in [1.29, 1.82) is 0 Å². The Kier molecular flexibility index (Phi) is 5.10. The highest BCUT2D eigenvalue weighted by Gasteiger charge is 2.37. The number of para-hydroxylation sites is 1. The first-order valence-electron chi connectivity index (χ1n) is 7.66. The van der Waals surface area contributed by atoms with E-state index in [1.165, 1.54) is 25.6 Å². The SMILES string of the molecule is COC1(c2c(Cl)ncnc2Nc2ccccc2)C=CC(S(N)(=O)=O)=CC1. The van der Waals surface area contributed by atoms with Gasteiger partial charge in [-0.15, -0.1) is 0 Å². The highest BCUT2D eigenvalue weighted by Crippen LogP contribution is 2.42. The van der Waals surface area contributed by atoms with E-state index in [9.17, 15) is 8.42 Å². The van der Waals surface area contributed by atoms with Gasteiger partial charge in [-0.05, 0) is 24.3 Å². The van der Waals surface area contributed by atoms with Crippen LogP contribution in [0.5, 0.6) is 0 Å². The average molecular weight is 393 g/mol. The van der Waals surface area contributed by atoms with Gasteiger partial charge in [0.2, 0.25) is 10.0 Å². The van der Waals surface area contributed by atoms with Gasteiger partial charge in [-0.2, -0.15) is 0 Å². The number of hydrogen-bond donors (Lipinski definition) is 2. The maximum atomic E-state index is 11.6. The summed E-state index contributed by atoms with van der Waals surface area (Å²) >= 11 is 6.35. The first kappa shape index (κ1) is 18.5. The Labute approximate surface area is 156 Å². The van der Waals surface area contributed by atoms with Gasteiger partial charge in [-0.3, -0.25) is 0 Å². The van der Waals surface area contributed by atoms with Gasteiger partial charge >= 0.3 is 0 Å².